The minimum absolute atomic E-state index is 0.0603. The highest BCUT2D eigenvalue weighted by Crippen LogP contribution is 2.39. The predicted octanol–water partition coefficient (Wildman–Crippen LogP) is 5.70. The van der Waals surface area contributed by atoms with Gasteiger partial charge in [-0.2, -0.15) is 0 Å². The second-order valence-corrected chi connectivity index (χ2v) is 9.23. The fourth-order valence-corrected chi connectivity index (χ4v) is 4.66. The molecule has 8 nitrogen and oxygen atoms in total. The van der Waals surface area contributed by atoms with Crippen molar-refractivity contribution in [3.05, 3.63) is 113 Å². The van der Waals surface area contributed by atoms with Gasteiger partial charge in [0.1, 0.15) is 35.6 Å². The molecule has 4 aromatic rings. The van der Waals surface area contributed by atoms with Crippen LogP contribution in [-0.2, 0) is 17.9 Å². The average molecular weight is 524 g/mol. The fourth-order valence-electron chi connectivity index (χ4n) is 4.66. The zero-order valence-corrected chi connectivity index (χ0v) is 21.7. The van der Waals surface area contributed by atoms with E-state index in [0.29, 0.717) is 29.4 Å². The van der Waals surface area contributed by atoms with E-state index in [4.69, 9.17) is 9.47 Å². The van der Waals surface area contributed by atoms with Gasteiger partial charge in [-0.3, -0.25) is 9.59 Å². The lowest BCUT2D eigenvalue weighted by Gasteiger charge is -2.38. The van der Waals surface area contributed by atoms with E-state index in [1.165, 1.54) is 13.0 Å². The summed E-state index contributed by atoms with van der Waals surface area (Å²) in [7, 11) is 1.60. The first-order valence-electron chi connectivity index (χ1n) is 12.5. The zero-order chi connectivity index (χ0) is 27.4. The van der Waals surface area contributed by atoms with Crippen molar-refractivity contribution in [3.63, 3.8) is 0 Å². The van der Waals surface area contributed by atoms with Gasteiger partial charge in [0.15, 0.2) is 0 Å². The largest absolute Gasteiger partial charge is 0.507 e. The molecule has 5 rings (SSSR count). The quantitative estimate of drug-likeness (QED) is 0.274. The summed E-state index contributed by atoms with van der Waals surface area (Å²) < 4.78 is 11.6. The molecule has 39 heavy (non-hydrogen) atoms. The molecule has 198 valence electrons. The number of phenols is 1. The number of ether oxygens (including phenoxy) is 2. The molecular weight excluding hydrogens is 494 g/mol. The van der Waals surface area contributed by atoms with Crippen LogP contribution in [0.1, 0.15) is 40.1 Å². The van der Waals surface area contributed by atoms with Gasteiger partial charge >= 0.3 is 0 Å². The lowest BCUT2D eigenvalue weighted by atomic mass is 10.00. The Kier molecular flexibility index (Phi) is 7.36. The molecule has 1 atom stereocenters. The lowest BCUT2D eigenvalue weighted by Crippen LogP contribution is -2.42. The number of aromatic hydroxyl groups is 1. The maximum atomic E-state index is 13.7. The second-order valence-electron chi connectivity index (χ2n) is 9.23. The van der Waals surface area contributed by atoms with Gasteiger partial charge in [-0.05, 0) is 59.7 Å². The topological polar surface area (TPSA) is 100 Å². The van der Waals surface area contributed by atoms with E-state index in [2.05, 4.69) is 10.6 Å². The Bertz CT molecular complexity index is 1490. The van der Waals surface area contributed by atoms with Gasteiger partial charge in [0.2, 0.25) is 5.91 Å². The minimum Gasteiger partial charge on any atom is -0.507 e. The van der Waals surface area contributed by atoms with Crippen molar-refractivity contribution >= 4 is 23.2 Å². The molecular formula is C31H29N3O5. The molecule has 4 aromatic carbocycles. The van der Waals surface area contributed by atoms with Crippen molar-refractivity contribution in [1.29, 1.82) is 0 Å². The molecule has 0 saturated carbocycles. The van der Waals surface area contributed by atoms with Crippen molar-refractivity contribution in [2.45, 2.75) is 26.2 Å². The number of nitrogens with zero attached hydrogens (tertiary/aromatic N) is 1. The van der Waals surface area contributed by atoms with Crippen molar-refractivity contribution in [3.8, 4) is 17.2 Å². The SMILES string of the molecule is COc1ccc(C2Nc3cccc(O)c3C(=O)N2Cc2ccccc2)cc1COc1ccc(NC(C)=O)cc1. The number of anilines is 2. The lowest BCUT2D eigenvalue weighted by molar-refractivity contribution is -0.114. The predicted molar refractivity (Wildman–Crippen MR) is 149 cm³/mol. The number of methoxy groups -OCH3 is 1. The molecule has 0 fully saturated rings. The molecule has 8 heteroatoms. The van der Waals surface area contributed by atoms with Crippen LogP contribution in [0.15, 0.2) is 91.0 Å². The van der Waals surface area contributed by atoms with Crippen molar-refractivity contribution in [2.24, 2.45) is 0 Å². The molecule has 0 aliphatic carbocycles. The number of amides is 2. The Morgan fingerprint density at radius 3 is 2.49 bits per heavy atom. The van der Waals surface area contributed by atoms with Crippen LogP contribution >= 0.6 is 0 Å². The van der Waals surface area contributed by atoms with Crippen molar-refractivity contribution in [1.82, 2.24) is 4.90 Å². The third-order valence-corrected chi connectivity index (χ3v) is 6.51. The third kappa shape index (κ3) is 5.65. The first-order chi connectivity index (χ1) is 18.9. The first kappa shape index (κ1) is 25.7. The van der Waals surface area contributed by atoms with Crippen LogP contribution in [0.25, 0.3) is 0 Å². The third-order valence-electron chi connectivity index (χ3n) is 6.51. The van der Waals surface area contributed by atoms with E-state index in [9.17, 15) is 14.7 Å². The summed E-state index contributed by atoms with van der Waals surface area (Å²) in [5.74, 6) is 0.832. The van der Waals surface area contributed by atoms with E-state index in [-0.39, 0.29) is 29.7 Å². The summed E-state index contributed by atoms with van der Waals surface area (Å²) in [5.41, 5.74) is 4.13. The van der Waals surface area contributed by atoms with Crippen LogP contribution in [0.2, 0.25) is 0 Å². The number of rotatable bonds is 8. The molecule has 2 amide bonds. The van der Waals surface area contributed by atoms with E-state index in [0.717, 1.165) is 16.7 Å². The molecule has 0 aromatic heterocycles. The van der Waals surface area contributed by atoms with Crippen LogP contribution < -0.4 is 20.1 Å². The normalized spacial score (nSPS) is 14.3. The monoisotopic (exact) mass is 523 g/mol. The Balaban J connectivity index is 1.44. The Morgan fingerprint density at radius 1 is 1.00 bits per heavy atom. The molecule has 0 spiro atoms. The number of benzene rings is 4. The van der Waals surface area contributed by atoms with Crippen LogP contribution in [0, 0.1) is 0 Å². The van der Waals surface area contributed by atoms with Gasteiger partial charge < -0.3 is 30.1 Å². The van der Waals surface area contributed by atoms with Crippen LogP contribution in [0.5, 0.6) is 17.2 Å². The second kappa shape index (κ2) is 11.2. The van der Waals surface area contributed by atoms with Gasteiger partial charge in [0.25, 0.3) is 5.91 Å². The standard InChI is InChI=1S/C31H29N3O5/c1-20(35)32-24-12-14-25(15-13-24)39-19-23-17-22(11-16-28(23)38-2)30-33-26-9-6-10-27(36)29(26)31(37)34(30)18-21-7-4-3-5-8-21/h3-17,30,33,36H,18-19H2,1-2H3,(H,32,35). The summed E-state index contributed by atoms with van der Waals surface area (Å²) in [6.45, 7) is 2.04. The zero-order valence-electron chi connectivity index (χ0n) is 21.7. The van der Waals surface area contributed by atoms with Gasteiger partial charge in [0.05, 0.1) is 12.8 Å². The molecule has 0 bridgehead atoms. The number of nitrogens with one attached hydrogen (secondary N) is 2. The van der Waals surface area contributed by atoms with Gasteiger partial charge in [-0.25, -0.2) is 0 Å². The highest BCUT2D eigenvalue weighted by atomic mass is 16.5. The number of phenolic OH excluding ortho intramolecular Hbond substituents is 1. The van der Waals surface area contributed by atoms with Crippen LogP contribution in [-0.4, -0.2) is 28.9 Å². The average Bonchev–Trinajstić information content (AvgIpc) is 2.94. The number of fused-ring (bicyclic) bond motifs is 1. The Labute approximate surface area is 226 Å². The molecule has 1 unspecified atom stereocenters. The van der Waals surface area contributed by atoms with Crippen LogP contribution in [0.3, 0.4) is 0 Å². The van der Waals surface area contributed by atoms with Crippen molar-refractivity contribution < 1.29 is 24.2 Å². The molecule has 3 N–H and O–H groups in total. The Hall–Kier alpha value is -4.98. The minimum atomic E-state index is -0.492. The molecule has 0 radical (unpaired) electrons. The first-order valence-corrected chi connectivity index (χ1v) is 12.5. The van der Waals surface area contributed by atoms with Gasteiger partial charge in [-0.15, -0.1) is 0 Å². The highest BCUT2D eigenvalue weighted by Gasteiger charge is 2.35. The summed E-state index contributed by atoms with van der Waals surface area (Å²) in [6, 6.07) is 27.6. The summed E-state index contributed by atoms with van der Waals surface area (Å²) in [6.07, 6.45) is -0.492. The van der Waals surface area contributed by atoms with E-state index in [1.54, 1.807) is 48.4 Å². The van der Waals surface area contributed by atoms with E-state index >= 15 is 0 Å². The van der Waals surface area contributed by atoms with Gasteiger partial charge in [0, 0.05) is 24.7 Å². The smallest absolute Gasteiger partial charge is 0.261 e. The molecule has 0 saturated heterocycles. The fraction of sp³-hybridized carbons (Fsp3) is 0.161. The summed E-state index contributed by atoms with van der Waals surface area (Å²) in [4.78, 5) is 26.7. The molecule has 1 aliphatic rings. The molecule has 1 aliphatic heterocycles. The number of hydrogen-bond acceptors (Lipinski definition) is 6. The highest BCUT2D eigenvalue weighted by molar-refractivity contribution is 6.04. The summed E-state index contributed by atoms with van der Waals surface area (Å²) in [5, 5.41) is 16.7. The number of carbonyl (C=O) groups is 2. The van der Waals surface area contributed by atoms with Crippen LogP contribution in [0.4, 0.5) is 11.4 Å². The summed E-state index contributed by atoms with van der Waals surface area (Å²) >= 11 is 0. The maximum Gasteiger partial charge on any atom is 0.261 e. The van der Waals surface area contributed by atoms with E-state index in [1.807, 2.05) is 48.5 Å². The Morgan fingerprint density at radius 2 is 1.77 bits per heavy atom. The number of hydrogen-bond donors (Lipinski definition) is 3. The molecule has 1 heterocycles. The van der Waals surface area contributed by atoms with E-state index < -0.39 is 6.17 Å². The number of carbonyl (C=O) groups excluding carboxylic acids is 2. The van der Waals surface area contributed by atoms with Crippen molar-refractivity contribution in [2.75, 3.05) is 17.7 Å². The maximum absolute atomic E-state index is 13.7. The van der Waals surface area contributed by atoms with Gasteiger partial charge in [-0.1, -0.05) is 42.5 Å².